The maximum absolute atomic E-state index is 12.1. The third-order valence-electron chi connectivity index (χ3n) is 2.90. The van der Waals surface area contributed by atoms with Crippen LogP contribution in [-0.4, -0.2) is 29.1 Å². The number of aliphatic carboxylic acids is 1. The smallest absolute Gasteiger partial charge is 0.326 e. The summed E-state index contributed by atoms with van der Waals surface area (Å²) in [5.74, 6) is -0.976. The van der Waals surface area contributed by atoms with Crippen LogP contribution in [0.25, 0.3) is 0 Å². The van der Waals surface area contributed by atoms with Crippen LogP contribution in [0, 0.1) is 5.41 Å². The number of hydrogen-bond donors (Lipinski definition) is 2. The van der Waals surface area contributed by atoms with Crippen molar-refractivity contribution in [3.05, 3.63) is 28.7 Å². The molecule has 0 bridgehead atoms. The monoisotopic (exact) mass is 357 g/mol. The zero-order valence-corrected chi connectivity index (χ0v) is 14.1. The van der Waals surface area contributed by atoms with Gasteiger partial charge >= 0.3 is 5.97 Å². The summed E-state index contributed by atoms with van der Waals surface area (Å²) in [6.45, 7) is 6.85. The molecule has 21 heavy (non-hydrogen) atoms. The van der Waals surface area contributed by atoms with Crippen LogP contribution in [0.15, 0.2) is 28.7 Å². The van der Waals surface area contributed by atoms with E-state index in [0.717, 1.165) is 4.47 Å². The number of carboxylic acids is 1. The predicted octanol–water partition coefficient (Wildman–Crippen LogP) is 2.83. The van der Waals surface area contributed by atoms with Gasteiger partial charge in [-0.2, -0.15) is 0 Å². The van der Waals surface area contributed by atoms with E-state index >= 15 is 0 Å². The Hall–Kier alpha value is -1.56. The van der Waals surface area contributed by atoms with Gasteiger partial charge in [0, 0.05) is 4.47 Å². The third-order valence-corrected chi connectivity index (χ3v) is 3.42. The van der Waals surface area contributed by atoms with Crippen LogP contribution in [0.2, 0.25) is 0 Å². The lowest BCUT2D eigenvalue weighted by Crippen LogP contribution is -2.52. The van der Waals surface area contributed by atoms with Crippen LogP contribution in [-0.2, 0) is 9.59 Å². The molecular formula is C15H20BrNO4. The molecule has 0 saturated heterocycles. The molecule has 2 N–H and O–H groups in total. The Balaban J connectivity index is 2.69. The quantitative estimate of drug-likeness (QED) is 0.849. The molecule has 1 rings (SSSR count). The molecule has 0 heterocycles. The Kier molecular flexibility index (Phi) is 5.78. The molecule has 0 aliphatic rings. The van der Waals surface area contributed by atoms with Crippen LogP contribution in [0.3, 0.4) is 0 Å². The zero-order valence-electron chi connectivity index (χ0n) is 12.5. The van der Waals surface area contributed by atoms with E-state index in [1.54, 1.807) is 52.0 Å². The number of nitrogens with one attached hydrogen (secondary N) is 1. The number of rotatable bonds is 5. The molecule has 0 fully saturated rings. The minimum absolute atomic E-state index is 0.458. The van der Waals surface area contributed by atoms with Gasteiger partial charge in [0.05, 0.1) is 0 Å². The van der Waals surface area contributed by atoms with Crippen LogP contribution in [0.5, 0.6) is 5.75 Å². The van der Waals surface area contributed by atoms with Crippen LogP contribution in [0.4, 0.5) is 0 Å². The van der Waals surface area contributed by atoms with Crippen molar-refractivity contribution in [2.45, 2.75) is 39.8 Å². The van der Waals surface area contributed by atoms with E-state index in [9.17, 15) is 14.7 Å². The van der Waals surface area contributed by atoms with Crippen LogP contribution >= 0.6 is 15.9 Å². The van der Waals surface area contributed by atoms with Gasteiger partial charge in [-0.05, 0) is 36.6 Å². The summed E-state index contributed by atoms with van der Waals surface area (Å²) in [6.07, 6.45) is -0.782. The van der Waals surface area contributed by atoms with Crippen molar-refractivity contribution >= 4 is 27.8 Å². The van der Waals surface area contributed by atoms with E-state index in [4.69, 9.17) is 4.74 Å². The number of carboxylic acid groups (broad SMARTS) is 1. The van der Waals surface area contributed by atoms with Gasteiger partial charge in [0.2, 0.25) is 0 Å². The minimum atomic E-state index is -1.06. The van der Waals surface area contributed by atoms with Gasteiger partial charge in [0.15, 0.2) is 6.10 Å². The Morgan fingerprint density at radius 3 is 2.19 bits per heavy atom. The molecule has 1 amide bonds. The Labute approximate surface area is 132 Å². The second-order valence-corrected chi connectivity index (χ2v) is 6.78. The van der Waals surface area contributed by atoms with E-state index in [1.165, 1.54) is 0 Å². The van der Waals surface area contributed by atoms with Gasteiger partial charge < -0.3 is 15.2 Å². The molecule has 1 aromatic carbocycles. The molecule has 6 heteroatoms. The molecular weight excluding hydrogens is 338 g/mol. The lowest BCUT2D eigenvalue weighted by atomic mass is 9.86. The minimum Gasteiger partial charge on any atom is -0.481 e. The van der Waals surface area contributed by atoms with Gasteiger partial charge in [-0.1, -0.05) is 36.7 Å². The second-order valence-electron chi connectivity index (χ2n) is 5.86. The van der Waals surface area contributed by atoms with Gasteiger partial charge in [0.1, 0.15) is 11.8 Å². The molecule has 0 radical (unpaired) electrons. The van der Waals surface area contributed by atoms with Crippen molar-refractivity contribution in [3.8, 4) is 5.75 Å². The number of hydrogen-bond acceptors (Lipinski definition) is 3. The number of amides is 1. The van der Waals surface area contributed by atoms with E-state index < -0.39 is 29.4 Å². The largest absolute Gasteiger partial charge is 0.481 e. The highest BCUT2D eigenvalue weighted by Crippen LogP contribution is 2.20. The molecule has 0 saturated carbocycles. The summed E-state index contributed by atoms with van der Waals surface area (Å²) < 4.78 is 6.41. The van der Waals surface area contributed by atoms with Crippen molar-refractivity contribution in [3.63, 3.8) is 0 Å². The lowest BCUT2D eigenvalue weighted by Gasteiger charge is -2.28. The zero-order chi connectivity index (χ0) is 16.2. The molecule has 0 spiro atoms. The van der Waals surface area contributed by atoms with E-state index in [-0.39, 0.29) is 0 Å². The summed E-state index contributed by atoms with van der Waals surface area (Å²) >= 11 is 3.31. The number of halogens is 1. The predicted molar refractivity (Wildman–Crippen MR) is 83.3 cm³/mol. The molecule has 2 atom stereocenters. The maximum atomic E-state index is 12.1. The fourth-order valence-electron chi connectivity index (χ4n) is 1.68. The van der Waals surface area contributed by atoms with Crippen LogP contribution in [0.1, 0.15) is 27.7 Å². The van der Waals surface area contributed by atoms with Gasteiger partial charge in [-0.3, -0.25) is 4.79 Å². The standard InChI is InChI=1S/C15H20BrNO4/c1-9(21-11-7-5-10(16)6-8-11)13(18)17-12(14(19)20)15(2,3)4/h5-9,12H,1-4H3,(H,17,18)(H,19,20). The van der Waals surface area contributed by atoms with Crippen molar-refractivity contribution < 1.29 is 19.4 Å². The molecule has 5 nitrogen and oxygen atoms in total. The second kappa shape index (κ2) is 6.93. The summed E-state index contributed by atoms with van der Waals surface area (Å²) in [7, 11) is 0. The first-order chi connectivity index (χ1) is 9.61. The molecule has 0 aliphatic heterocycles. The summed E-state index contributed by atoms with van der Waals surface area (Å²) in [4.78, 5) is 23.3. The lowest BCUT2D eigenvalue weighted by molar-refractivity contribution is -0.146. The summed E-state index contributed by atoms with van der Waals surface area (Å²) in [5.41, 5.74) is -0.584. The number of ether oxygens (including phenoxy) is 1. The first kappa shape index (κ1) is 17.5. The van der Waals surface area contributed by atoms with E-state index in [1.807, 2.05) is 0 Å². The van der Waals surface area contributed by atoms with E-state index in [0.29, 0.717) is 5.75 Å². The average Bonchev–Trinajstić information content (AvgIpc) is 2.36. The van der Waals surface area contributed by atoms with Crippen LogP contribution < -0.4 is 10.1 Å². The fourth-order valence-corrected chi connectivity index (χ4v) is 1.94. The van der Waals surface area contributed by atoms with Crippen molar-refractivity contribution in [1.29, 1.82) is 0 Å². The molecule has 1 aromatic rings. The molecule has 2 unspecified atom stereocenters. The van der Waals surface area contributed by atoms with Crippen molar-refractivity contribution in [2.24, 2.45) is 5.41 Å². The number of carbonyl (C=O) groups is 2. The molecule has 116 valence electrons. The SMILES string of the molecule is CC(Oc1ccc(Br)cc1)C(=O)NC(C(=O)O)C(C)(C)C. The van der Waals surface area contributed by atoms with Crippen molar-refractivity contribution in [1.82, 2.24) is 5.32 Å². The fraction of sp³-hybridized carbons (Fsp3) is 0.467. The first-order valence-corrected chi connectivity index (χ1v) is 7.36. The molecule has 0 aliphatic carbocycles. The van der Waals surface area contributed by atoms with E-state index in [2.05, 4.69) is 21.2 Å². The first-order valence-electron chi connectivity index (χ1n) is 6.56. The molecule has 0 aromatic heterocycles. The third kappa shape index (κ3) is 5.38. The van der Waals surface area contributed by atoms with Gasteiger partial charge in [-0.15, -0.1) is 0 Å². The Morgan fingerprint density at radius 2 is 1.76 bits per heavy atom. The highest BCUT2D eigenvalue weighted by Gasteiger charge is 2.33. The maximum Gasteiger partial charge on any atom is 0.326 e. The Morgan fingerprint density at radius 1 is 1.24 bits per heavy atom. The van der Waals surface area contributed by atoms with Crippen molar-refractivity contribution in [2.75, 3.05) is 0 Å². The summed E-state index contributed by atoms with van der Waals surface area (Å²) in [5, 5.41) is 11.7. The normalized spacial score (nSPS) is 14.1. The highest BCUT2D eigenvalue weighted by molar-refractivity contribution is 9.10. The summed E-state index contributed by atoms with van der Waals surface area (Å²) in [6, 6.07) is 6.09. The Bertz CT molecular complexity index is 507. The average molecular weight is 358 g/mol. The number of benzene rings is 1. The number of carbonyl (C=O) groups excluding carboxylic acids is 1. The van der Waals surface area contributed by atoms with Gasteiger partial charge in [-0.25, -0.2) is 4.79 Å². The highest BCUT2D eigenvalue weighted by atomic mass is 79.9. The van der Waals surface area contributed by atoms with Gasteiger partial charge in [0.25, 0.3) is 5.91 Å². The topological polar surface area (TPSA) is 75.6 Å².